The Morgan fingerprint density at radius 2 is 2.10 bits per heavy atom. The maximum Gasteiger partial charge on any atom is 0.261 e. The molecule has 2 amide bonds. The average Bonchev–Trinajstić information content (AvgIpc) is 3.09. The number of thioether (sulfide) groups is 1. The molecule has 7 heteroatoms. The third-order valence-corrected chi connectivity index (χ3v) is 7.31. The van der Waals surface area contributed by atoms with Crippen LogP contribution in [0.3, 0.4) is 0 Å². The zero-order valence-corrected chi connectivity index (χ0v) is 18.6. The minimum Gasteiger partial charge on any atom is -0.350 e. The summed E-state index contributed by atoms with van der Waals surface area (Å²) in [6, 6.07) is 5.60. The van der Waals surface area contributed by atoms with Gasteiger partial charge >= 0.3 is 0 Å². The first kappa shape index (κ1) is 21.0. The van der Waals surface area contributed by atoms with Crippen molar-refractivity contribution >= 4 is 34.5 Å². The number of hydrogen-bond acceptors (Lipinski definition) is 5. The Kier molecular flexibility index (Phi) is 5.91. The topological polar surface area (TPSA) is 83.8 Å². The molecule has 3 heterocycles. The second kappa shape index (κ2) is 8.46. The van der Waals surface area contributed by atoms with Crippen molar-refractivity contribution in [3.63, 3.8) is 0 Å². The van der Waals surface area contributed by atoms with Crippen molar-refractivity contribution in [2.75, 3.05) is 0 Å². The molecule has 1 aliphatic carbocycles. The van der Waals surface area contributed by atoms with Gasteiger partial charge in [0.25, 0.3) is 5.91 Å². The molecular formula is C23H28N4O2S. The second-order valence-electron chi connectivity index (χ2n) is 9.20. The molecule has 1 N–H and O–H groups in total. The molecule has 0 spiro atoms. The summed E-state index contributed by atoms with van der Waals surface area (Å²) in [7, 11) is 0. The van der Waals surface area contributed by atoms with Crippen LogP contribution >= 0.6 is 11.8 Å². The molecule has 0 saturated carbocycles. The summed E-state index contributed by atoms with van der Waals surface area (Å²) in [4.78, 5) is 39.3. The number of allylic oxidation sites excluding steroid dienone is 1. The first-order valence-corrected chi connectivity index (χ1v) is 11.4. The monoisotopic (exact) mass is 424 g/mol. The number of nitrogens with zero attached hydrogens (tertiary/aromatic N) is 3. The van der Waals surface area contributed by atoms with Crippen molar-refractivity contribution in [2.45, 2.75) is 59.4 Å². The van der Waals surface area contributed by atoms with Crippen molar-refractivity contribution in [1.29, 1.82) is 0 Å². The molecule has 0 aromatic carbocycles. The first-order valence-electron chi connectivity index (χ1n) is 10.6. The smallest absolute Gasteiger partial charge is 0.261 e. The summed E-state index contributed by atoms with van der Waals surface area (Å²) in [5, 5.41) is 3.71. The van der Waals surface area contributed by atoms with Gasteiger partial charge in [0.2, 0.25) is 5.91 Å². The molecule has 2 atom stereocenters. The number of carbonyl (C=O) groups is 2. The van der Waals surface area contributed by atoms with Crippen molar-refractivity contribution in [3.05, 3.63) is 40.6 Å². The highest BCUT2D eigenvalue weighted by atomic mass is 32.2. The fourth-order valence-electron chi connectivity index (χ4n) is 4.22. The summed E-state index contributed by atoms with van der Waals surface area (Å²) in [6.45, 7) is 7.26. The first-order chi connectivity index (χ1) is 14.3. The largest absolute Gasteiger partial charge is 0.350 e. The number of aliphatic imine (C=N–C) groups is 2. The van der Waals surface area contributed by atoms with Gasteiger partial charge in [-0.25, -0.2) is 4.99 Å². The lowest BCUT2D eigenvalue weighted by molar-refractivity contribution is -0.121. The summed E-state index contributed by atoms with van der Waals surface area (Å²) in [6.07, 6.45) is 5.42. The maximum atomic E-state index is 12.8. The van der Waals surface area contributed by atoms with Crippen molar-refractivity contribution in [1.82, 2.24) is 10.3 Å². The minimum atomic E-state index is -0.271. The number of fused-ring (bicyclic) bond motifs is 2. The lowest BCUT2D eigenvalue weighted by atomic mass is 9.71. The van der Waals surface area contributed by atoms with Crippen LogP contribution in [-0.4, -0.2) is 27.7 Å². The summed E-state index contributed by atoms with van der Waals surface area (Å²) in [5.41, 5.74) is 2.31. The molecule has 158 valence electrons. The van der Waals surface area contributed by atoms with Crippen molar-refractivity contribution in [3.8, 4) is 0 Å². The predicted octanol–water partition coefficient (Wildman–Crippen LogP) is 4.28. The Balaban J connectivity index is 1.34. The predicted molar refractivity (Wildman–Crippen MR) is 120 cm³/mol. The second-order valence-corrected chi connectivity index (χ2v) is 10.3. The van der Waals surface area contributed by atoms with Gasteiger partial charge in [0.15, 0.2) is 0 Å². The molecular weight excluding hydrogens is 396 g/mol. The van der Waals surface area contributed by atoms with Crippen LogP contribution in [0.5, 0.6) is 0 Å². The molecule has 1 aromatic heterocycles. The van der Waals surface area contributed by atoms with Crippen LogP contribution < -0.4 is 5.32 Å². The Morgan fingerprint density at radius 1 is 1.27 bits per heavy atom. The molecule has 0 bridgehead atoms. The van der Waals surface area contributed by atoms with Crippen LogP contribution in [0.25, 0.3) is 0 Å². The van der Waals surface area contributed by atoms with E-state index in [-0.39, 0.29) is 29.6 Å². The molecule has 30 heavy (non-hydrogen) atoms. The van der Waals surface area contributed by atoms with Crippen LogP contribution in [0, 0.1) is 17.3 Å². The molecule has 2 unspecified atom stereocenters. The lowest BCUT2D eigenvalue weighted by Crippen LogP contribution is -2.28. The van der Waals surface area contributed by atoms with Crippen LogP contribution in [0.15, 0.2) is 44.9 Å². The molecule has 0 radical (unpaired) electrons. The van der Waals surface area contributed by atoms with Crippen LogP contribution in [-0.2, 0) is 16.1 Å². The van der Waals surface area contributed by atoms with E-state index in [0.29, 0.717) is 24.7 Å². The number of amidine groups is 1. The number of aromatic nitrogens is 1. The Labute approximate surface area is 181 Å². The molecule has 0 fully saturated rings. The van der Waals surface area contributed by atoms with Gasteiger partial charge in [-0.2, -0.15) is 4.99 Å². The Morgan fingerprint density at radius 3 is 2.83 bits per heavy atom. The quantitative estimate of drug-likeness (QED) is 0.765. The van der Waals surface area contributed by atoms with Crippen molar-refractivity contribution in [2.24, 2.45) is 27.2 Å². The zero-order valence-electron chi connectivity index (χ0n) is 17.8. The molecule has 0 saturated heterocycles. The number of carbonyl (C=O) groups excluding carboxylic acids is 2. The summed E-state index contributed by atoms with van der Waals surface area (Å²) < 4.78 is 0. The van der Waals surface area contributed by atoms with Gasteiger partial charge in [-0.3, -0.25) is 14.6 Å². The molecule has 2 aliphatic heterocycles. The maximum absolute atomic E-state index is 12.8. The number of rotatable bonds is 5. The third-order valence-electron chi connectivity index (χ3n) is 6.09. The van der Waals surface area contributed by atoms with Gasteiger partial charge in [-0.05, 0) is 53.2 Å². The van der Waals surface area contributed by atoms with Gasteiger partial charge < -0.3 is 5.32 Å². The van der Waals surface area contributed by atoms with E-state index < -0.39 is 0 Å². The fraction of sp³-hybridized carbons (Fsp3) is 0.522. The van der Waals surface area contributed by atoms with E-state index in [1.54, 1.807) is 18.0 Å². The van der Waals surface area contributed by atoms with E-state index in [1.165, 1.54) is 10.5 Å². The van der Waals surface area contributed by atoms with E-state index in [0.717, 1.165) is 30.0 Å². The molecule has 6 nitrogen and oxygen atoms in total. The average molecular weight is 425 g/mol. The van der Waals surface area contributed by atoms with Gasteiger partial charge in [0.1, 0.15) is 11.8 Å². The van der Waals surface area contributed by atoms with E-state index in [2.05, 4.69) is 41.1 Å². The van der Waals surface area contributed by atoms with E-state index in [1.807, 2.05) is 18.2 Å². The van der Waals surface area contributed by atoms with Gasteiger partial charge in [0, 0.05) is 19.0 Å². The minimum absolute atomic E-state index is 0.0948. The van der Waals surface area contributed by atoms with Gasteiger partial charge in [-0.15, -0.1) is 0 Å². The van der Waals surface area contributed by atoms with E-state index >= 15 is 0 Å². The number of nitrogens with one attached hydrogen (secondary N) is 1. The highest BCUT2D eigenvalue weighted by Gasteiger charge is 2.43. The fourth-order valence-corrected chi connectivity index (χ4v) is 5.62. The number of pyridine rings is 1. The van der Waals surface area contributed by atoms with Gasteiger partial charge in [0.05, 0.1) is 17.3 Å². The van der Waals surface area contributed by atoms with Gasteiger partial charge in [-0.1, -0.05) is 38.6 Å². The third kappa shape index (κ3) is 4.56. The number of amides is 2. The highest BCUT2D eigenvalue weighted by Crippen LogP contribution is 2.52. The van der Waals surface area contributed by atoms with Crippen LogP contribution in [0.1, 0.15) is 58.6 Å². The van der Waals surface area contributed by atoms with Crippen LogP contribution in [0.4, 0.5) is 0 Å². The highest BCUT2D eigenvalue weighted by molar-refractivity contribution is 8.17. The van der Waals surface area contributed by atoms with Crippen molar-refractivity contribution < 1.29 is 9.59 Å². The van der Waals surface area contributed by atoms with E-state index in [4.69, 9.17) is 0 Å². The summed E-state index contributed by atoms with van der Waals surface area (Å²) in [5.74, 6) is 0.618. The molecule has 1 aromatic rings. The Bertz CT molecular complexity index is 944. The normalized spacial score (nSPS) is 23.5. The molecule has 4 rings (SSSR count). The lowest BCUT2D eigenvalue weighted by Gasteiger charge is -2.34. The van der Waals surface area contributed by atoms with Crippen LogP contribution in [0.2, 0.25) is 0 Å². The Hall–Kier alpha value is -2.28. The molecule has 3 aliphatic rings. The zero-order chi connectivity index (χ0) is 21.3. The standard InChI is InChI=1S/C23H28N4O2S/c1-23(2,3)14-7-8-16-17(12-14)30-22-20(16)21(29)26-18(27-22)9-10-19(28)25-13-15-6-4-5-11-24-15/h4-6,11,14,20H,7-10,12-13H2,1-3H3,(H,25,28). The number of hydrogen-bond donors (Lipinski definition) is 1. The summed E-state index contributed by atoms with van der Waals surface area (Å²) >= 11 is 1.67. The SMILES string of the molecule is CC(C)(C)C1CCC2=C(C1)SC1=NC(CCC(=O)NCc3ccccn3)=NC(=O)C12. The van der Waals surface area contributed by atoms with E-state index in [9.17, 15) is 9.59 Å².